The molecule has 1 amide bonds. The lowest BCUT2D eigenvalue weighted by molar-refractivity contribution is 0.0998. The number of amides is 1. The predicted octanol–water partition coefficient (Wildman–Crippen LogP) is 4.81. The number of para-hydroxylation sites is 2. The Hall–Kier alpha value is -3.51. The van der Waals surface area contributed by atoms with Crippen molar-refractivity contribution >= 4 is 11.6 Å². The van der Waals surface area contributed by atoms with E-state index in [4.69, 9.17) is 18.9 Å². The minimum atomic E-state index is -0.239. The first-order valence-corrected chi connectivity index (χ1v) is 10.3. The van der Waals surface area contributed by atoms with Gasteiger partial charge in [0.25, 0.3) is 5.91 Å². The second-order valence-electron chi connectivity index (χ2n) is 6.53. The molecule has 3 rings (SSSR count). The minimum Gasteiger partial charge on any atom is -0.490 e. The second-order valence-corrected chi connectivity index (χ2v) is 6.53. The molecule has 0 aliphatic heterocycles. The molecular formula is C25H27NO5. The third-order valence-electron chi connectivity index (χ3n) is 4.30. The van der Waals surface area contributed by atoms with Crippen LogP contribution in [0.1, 0.15) is 17.3 Å². The highest BCUT2D eigenvalue weighted by molar-refractivity contribution is 6.06. The average Bonchev–Trinajstić information content (AvgIpc) is 2.81. The van der Waals surface area contributed by atoms with Gasteiger partial charge in [-0.05, 0) is 55.5 Å². The van der Waals surface area contributed by atoms with Crippen molar-refractivity contribution in [1.82, 2.24) is 0 Å². The zero-order valence-electron chi connectivity index (χ0n) is 17.6. The molecule has 0 radical (unpaired) electrons. The maximum absolute atomic E-state index is 12.7. The number of carbonyl (C=O) groups excluding carboxylic acids is 1. The highest BCUT2D eigenvalue weighted by atomic mass is 16.5. The first-order chi connectivity index (χ1) is 15.3. The molecule has 0 unspecified atom stereocenters. The number of nitrogens with one attached hydrogen (secondary N) is 1. The molecule has 3 aromatic rings. The van der Waals surface area contributed by atoms with Crippen molar-refractivity contribution in [3.63, 3.8) is 0 Å². The van der Waals surface area contributed by atoms with Gasteiger partial charge in [-0.3, -0.25) is 4.79 Å². The molecule has 31 heavy (non-hydrogen) atoms. The van der Waals surface area contributed by atoms with Gasteiger partial charge >= 0.3 is 0 Å². The molecule has 0 fully saturated rings. The third-order valence-corrected chi connectivity index (χ3v) is 4.30. The summed E-state index contributed by atoms with van der Waals surface area (Å²) in [5.41, 5.74) is 1.14. The average molecular weight is 421 g/mol. The monoisotopic (exact) mass is 421 g/mol. The van der Waals surface area contributed by atoms with E-state index in [0.29, 0.717) is 55.8 Å². The summed E-state index contributed by atoms with van der Waals surface area (Å²) >= 11 is 0. The summed E-state index contributed by atoms with van der Waals surface area (Å²) < 4.78 is 22.3. The Kier molecular flexibility index (Phi) is 8.76. The molecule has 0 bridgehead atoms. The Balaban J connectivity index is 1.47. The highest BCUT2D eigenvalue weighted by Gasteiger charge is 2.12. The Morgan fingerprint density at radius 3 is 2.03 bits per heavy atom. The molecule has 0 spiro atoms. The first kappa shape index (κ1) is 22.2. The summed E-state index contributed by atoms with van der Waals surface area (Å²) in [6.07, 6.45) is 0. The summed E-state index contributed by atoms with van der Waals surface area (Å²) in [6.45, 7) is 4.29. The van der Waals surface area contributed by atoms with Gasteiger partial charge in [-0.25, -0.2) is 0 Å². The number of ether oxygens (including phenoxy) is 4. The van der Waals surface area contributed by atoms with Crippen molar-refractivity contribution < 1.29 is 23.7 Å². The molecule has 0 aliphatic carbocycles. The van der Waals surface area contributed by atoms with Crippen molar-refractivity contribution in [2.45, 2.75) is 6.92 Å². The molecule has 0 atom stereocenters. The van der Waals surface area contributed by atoms with Crippen molar-refractivity contribution in [3.8, 4) is 17.2 Å². The third kappa shape index (κ3) is 7.35. The summed E-state index contributed by atoms with van der Waals surface area (Å²) in [6, 6.07) is 23.9. The molecule has 3 aromatic carbocycles. The van der Waals surface area contributed by atoms with Crippen LogP contribution in [0.3, 0.4) is 0 Å². The van der Waals surface area contributed by atoms with E-state index in [9.17, 15) is 4.79 Å². The maximum atomic E-state index is 12.7. The van der Waals surface area contributed by atoms with E-state index in [1.165, 1.54) is 0 Å². The Labute approximate surface area is 182 Å². The molecule has 0 aliphatic rings. The van der Waals surface area contributed by atoms with E-state index >= 15 is 0 Å². The zero-order valence-corrected chi connectivity index (χ0v) is 17.6. The van der Waals surface area contributed by atoms with Crippen molar-refractivity contribution in [2.24, 2.45) is 0 Å². The fourth-order valence-corrected chi connectivity index (χ4v) is 2.80. The van der Waals surface area contributed by atoms with Gasteiger partial charge in [0.2, 0.25) is 0 Å². The number of anilines is 1. The standard InChI is InChI=1S/C25H27NO5/c1-2-28-16-17-31-24-11-7-6-10-23(24)25(27)26-20-12-14-22(15-13-20)30-19-18-29-21-8-4-3-5-9-21/h3-15H,2,16-19H2,1H3,(H,26,27). The zero-order chi connectivity index (χ0) is 21.7. The summed E-state index contributed by atoms with van der Waals surface area (Å²) in [4.78, 5) is 12.7. The first-order valence-electron chi connectivity index (χ1n) is 10.3. The smallest absolute Gasteiger partial charge is 0.259 e. The van der Waals surface area contributed by atoms with Crippen molar-refractivity contribution in [1.29, 1.82) is 0 Å². The maximum Gasteiger partial charge on any atom is 0.259 e. The van der Waals surface area contributed by atoms with Crippen LogP contribution in [0, 0.1) is 0 Å². The molecule has 6 nitrogen and oxygen atoms in total. The number of hydrogen-bond acceptors (Lipinski definition) is 5. The van der Waals surface area contributed by atoms with E-state index < -0.39 is 0 Å². The van der Waals surface area contributed by atoms with Crippen LogP contribution in [-0.2, 0) is 4.74 Å². The Bertz CT molecular complexity index is 928. The van der Waals surface area contributed by atoms with Crippen LogP contribution in [0.4, 0.5) is 5.69 Å². The molecule has 1 N–H and O–H groups in total. The van der Waals surface area contributed by atoms with E-state index in [2.05, 4.69) is 5.32 Å². The lowest BCUT2D eigenvalue weighted by Crippen LogP contribution is -2.15. The van der Waals surface area contributed by atoms with Crippen LogP contribution < -0.4 is 19.5 Å². The van der Waals surface area contributed by atoms with E-state index in [1.807, 2.05) is 55.5 Å². The number of benzene rings is 3. The topological polar surface area (TPSA) is 66.0 Å². The Morgan fingerprint density at radius 2 is 1.32 bits per heavy atom. The van der Waals surface area contributed by atoms with Crippen LogP contribution in [0.15, 0.2) is 78.9 Å². The lowest BCUT2D eigenvalue weighted by Gasteiger charge is -2.12. The van der Waals surface area contributed by atoms with Gasteiger partial charge in [-0.1, -0.05) is 30.3 Å². The normalized spacial score (nSPS) is 10.4. The molecule has 6 heteroatoms. The van der Waals surface area contributed by atoms with Crippen LogP contribution in [0.2, 0.25) is 0 Å². The summed E-state index contributed by atoms with van der Waals surface area (Å²) in [5, 5.41) is 2.89. The van der Waals surface area contributed by atoms with Gasteiger partial charge < -0.3 is 24.3 Å². The molecule has 0 saturated heterocycles. The van der Waals surface area contributed by atoms with Crippen LogP contribution in [0.5, 0.6) is 17.2 Å². The van der Waals surface area contributed by atoms with Gasteiger partial charge in [0.1, 0.15) is 37.1 Å². The van der Waals surface area contributed by atoms with Gasteiger partial charge in [0.05, 0.1) is 12.2 Å². The van der Waals surface area contributed by atoms with E-state index in [-0.39, 0.29) is 5.91 Å². The number of rotatable bonds is 12. The number of hydrogen-bond donors (Lipinski definition) is 1. The molecule has 162 valence electrons. The molecular weight excluding hydrogens is 394 g/mol. The fourth-order valence-electron chi connectivity index (χ4n) is 2.80. The molecule has 0 heterocycles. The van der Waals surface area contributed by atoms with E-state index in [0.717, 1.165) is 5.75 Å². The largest absolute Gasteiger partial charge is 0.490 e. The quantitative estimate of drug-likeness (QED) is 0.425. The second kappa shape index (κ2) is 12.2. The Morgan fingerprint density at radius 1 is 0.710 bits per heavy atom. The molecule has 0 aromatic heterocycles. The SMILES string of the molecule is CCOCCOc1ccccc1C(=O)Nc1ccc(OCCOc2ccccc2)cc1. The number of carbonyl (C=O) groups is 1. The van der Waals surface area contributed by atoms with Crippen molar-refractivity contribution in [3.05, 3.63) is 84.4 Å². The van der Waals surface area contributed by atoms with Gasteiger partial charge in [-0.2, -0.15) is 0 Å². The molecule has 0 saturated carbocycles. The predicted molar refractivity (Wildman–Crippen MR) is 120 cm³/mol. The summed E-state index contributed by atoms with van der Waals surface area (Å²) in [7, 11) is 0. The van der Waals surface area contributed by atoms with Gasteiger partial charge in [0.15, 0.2) is 0 Å². The van der Waals surface area contributed by atoms with E-state index in [1.54, 1.807) is 30.3 Å². The van der Waals surface area contributed by atoms with Crippen LogP contribution in [0.25, 0.3) is 0 Å². The van der Waals surface area contributed by atoms with Crippen molar-refractivity contribution in [2.75, 3.05) is 38.4 Å². The van der Waals surface area contributed by atoms with Crippen LogP contribution in [-0.4, -0.2) is 38.9 Å². The van der Waals surface area contributed by atoms with Gasteiger partial charge in [0, 0.05) is 12.3 Å². The van der Waals surface area contributed by atoms with Gasteiger partial charge in [-0.15, -0.1) is 0 Å². The lowest BCUT2D eigenvalue weighted by atomic mass is 10.2. The minimum absolute atomic E-state index is 0.239. The summed E-state index contributed by atoms with van der Waals surface area (Å²) in [5.74, 6) is 1.80. The highest BCUT2D eigenvalue weighted by Crippen LogP contribution is 2.21. The van der Waals surface area contributed by atoms with Crippen LogP contribution >= 0.6 is 0 Å². The fraction of sp³-hybridized carbons (Fsp3) is 0.240.